The molecule has 7 aromatic rings. The van der Waals surface area contributed by atoms with Crippen molar-refractivity contribution in [3.8, 4) is 28.0 Å². The third-order valence-electron chi connectivity index (χ3n) is 6.93. The SMILES string of the molecule is O=c1c(-c2cccc3ccccc23)coc2c1c(O)cc1occ(-c3cccc4ccccc34)c(=O)c12. The van der Waals surface area contributed by atoms with E-state index in [-0.39, 0.29) is 33.1 Å². The molecule has 5 heteroatoms. The van der Waals surface area contributed by atoms with E-state index in [4.69, 9.17) is 8.83 Å². The highest BCUT2D eigenvalue weighted by Gasteiger charge is 2.21. The van der Waals surface area contributed by atoms with Crippen molar-refractivity contribution in [3.05, 3.63) is 124 Å². The number of rotatable bonds is 2. The third-order valence-corrected chi connectivity index (χ3v) is 6.93. The maximum absolute atomic E-state index is 13.8. The van der Waals surface area contributed by atoms with Gasteiger partial charge in [-0.25, -0.2) is 0 Å². The van der Waals surface area contributed by atoms with Gasteiger partial charge < -0.3 is 13.9 Å². The molecule has 0 saturated heterocycles. The minimum atomic E-state index is -0.424. The van der Waals surface area contributed by atoms with Crippen LogP contribution in [0.2, 0.25) is 0 Å². The van der Waals surface area contributed by atoms with Crippen molar-refractivity contribution in [1.29, 1.82) is 0 Å². The standard InChI is InChI=1S/C32H18O5/c33-26-15-27-29(31(35)24(16-36-27)22-13-5-9-18-7-1-3-11-20(18)22)32-28(26)30(34)25(17-37-32)23-14-6-10-19-8-2-4-12-21(19)23/h1-17,33H. The Bertz CT molecular complexity index is 2140. The van der Waals surface area contributed by atoms with E-state index in [1.165, 1.54) is 18.6 Å². The highest BCUT2D eigenvalue weighted by molar-refractivity contribution is 6.08. The van der Waals surface area contributed by atoms with Crippen molar-refractivity contribution in [2.24, 2.45) is 0 Å². The van der Waals surface area contributed by atoms with E-state index in [0.29, 0.717) is 22.3 Å². The summed E-state index contributed by atoms with van der Waals surface area (Å²) in [6.07, 6.45) is 2.75. The summed E-state index contributed by atoms with van der Waals surface area (Å²) in [4.78, 5) is 27.6. The maximum Gasteiger partial charge on any atom is 0.204 e. The fraction of sp³-hybridized carbons (Fsp3) is 0. The Labute approximate surface area is 209 Å². The molecule has 1 N–H and O–H groups in total. The molecule has 0 amide bonds. The second-order valence-electron chi connectivity index (χ2n) is 8.98. The van der Waals surface area contributed by atoms with Crippen LogP contribution in [0.25, 0.3) is 65.7 Å². The molecule has 0 atom stereocenters. The number of aromatic hydroxyl groups is 1. The average Bonchev–Trinajstić information content (AvgIpc) is 2.93. The van der Waals surface area contributed by atoms with E-state index in [1.807, 2.05) is 84.9 Å². The van der Waals surface area contributed by atoms with Gasteiger partial charge in [-0.15, -0.1) is 0 Å². The second kappa shape index (κ2) is 7.93. The molecule has 0 spiro atoms. The highest BCUT2D eigenvalue weighted by Crippen LogP contribution is 2.35. The summed E-state index contributed by atoms with van der Waals surface area (Å²) in [5.41, 5.74) is 1.41. The van der Waals surface area contributed by atoms with Gasteiger partial charge in [0.25, 0.3) is 0 Å². The van der Waals surface area contributed by atoms with Gasteiger partial charge in [-0.05, 0) is 32.7 Å². The number of phenols is 1. The number of benzene rings is 5. The van der Waals surface area contributed by atoms with Gasteiger partial charge in [0.1, 0.15) is 34.6 Å². The molecular weight excluding hydrogens is 464 g/mol. The van der Waals surface area contributed by atoms with E-state index in [9.17, 15) is 14.7 Å². The number of fused-ring (bicyclic) bond motifs is 5. The molecule has 0 fully saturated rings. The highest BCUT2D eigenvalue weighted by atomic mass is 16.3. The minimum Gasteiger partial charge on any atom is -0.507 e. The lowest BCUT2D eigenvalue weighted by atomic mass is 9.96. The lowest BCUT2D eigenvalue weighted by molar-refractivity contribution is 0.478. The molecule has 0 aliphatic rings. The molecule has 176 valence electrons. The van der Waals surface area contributed by atoms with E-state index in [1.54, 1.807) is 0 Å². The summed E-state index contributed by atoms with van der Waals surface area (Å²) in [5, 5.41) is 14.6. The van der Waals surface area contributed by atoms with Crippen LogP contribution < -0.4 is 10.9 Å². The lowest BCUT2D eigenvalue weighted by Crippen LogP contribution is -2.10. The minimum absolute atomic E-state index is 0.000164. The van der Waals surface area contributed by atoms with Gasteiger partial charge in [0.2, 0.25) is 10.9 Å². The summed E-state index contributed by atoms with van der Waals surface area (Å²) in [5.74, 6) is -0.306. The first kappa shape index (κ1) is 21.1. The van der Waals surface area contributed by atoms with Gasteiger partial charge in [-0.1, -0.05) is 84.9 Å². The molecule has 5 nitrogen and oxygen atoms in total. The zero-order valence-electron chi connectivity index (χ0n) is 19.4. The Morgan fingerprint density at radius 2 is 1.05 bits per heavy atom. The predicted molar refractivity (Wildman–Crippen MR) is 146 cm³/mol. The van der Waals surface area contributed by atoms with Gasteiger partial charge in [0.05, 0.1) is 11.1 Å². The molecule has 2 heterocycles. The van der Waals surface area contributed by atoms with Crippen molar-refractivity contribution in [2.45, 2.75) is 0 Å². The largest absolute Gasteiger partial charge is 0.507 e. The first-order valence-electron chi connectivity index (χ1n) is 11.8. The zero-order valence-corrected chi connectivity index (χ0v) is 19.4. The van der Waals surface area contributed by atoms with E-state index in [2.05, 4.69) is 0 Å². The van der Waals surface area contributed by atoms with Crippen molar-refractivity contribution in [1.82, 2.24) is 0 Å². The Balaban J connectivity index is 1.55. The molecule has 0 aliphatic heterocycles. The Hall–Kier alpha value is -5.16. The van der Waals surface area contributed by atoms with Crippen LogP contribution in [-0.2, 0) is 0 Å². The molecule has 2 aromatic heterocycles. The first-order chi connectivity index (χ1) is 18.1. The number of phenolic OH excluding ortho intramolecular Hbond substituents is 1. The fourth-order valence-corrected chi connectivity index (χ4v) is 5.18. The quantitative estimate of drug-likeness (QED) is 0.263. The van der Waals surface area contributed by atoms with Crippen LogP contribution in [-0.4, -0.2) is 5.11 Å². The number of hydrogen-bond acceptors (Lipinski definition) is 5. The van der Waals surface area contributed by atoms with Gasteiger partial charge in [-0.3, -0.25) is 9.59 Å². The van der Waals surface area contributed by atoms with Crippen molar-refractivity contribution in [2.75, 3.05) is 0 Å². The monoisotopic (exact) mass is 482 g/mol. The fourth-order valence-electron chi connectivity index (χ4n) is 5.18. The Kier molecular flexibility index (Phi) is 4.53. The second-order valence-corrected chi connectivity index (χ2v) is 8.98. The molecule has 0 radical (unpaired) electrons. The maximum atomic E-state index is 13.8. The number of hydrogen-bond donors (Lipinski definition) is 1. The molecule has 37 heavy (non-hydrogen) atoms. The summed E-state index contributed by atoms with van der Waals surface area (Å²) in [6.45, 7) is 0. The normalized spacial score (nSPS) is 11.6. The van der Waals surface area contributed by atoms with E-state index >= 15 is 0 Å². The van der Waals surface area contributed by atoms with Crippen LogP contribution in [0.1, 0.15) is 0 Å². The van der Waals surface area contributed by atoms with Gasteiger partial charge in [-0.2, -0.15) is 0 Å². The molecular formula is C32H18O5. The van der Waals surface area contributed by atoms with Crippen LogP contribution >= 0.6 is 0 Å². The van der Waals surface area contributed by atoms with Crippen molar-refractivity contribution < 1.29 is 13.9 Å². The topological polar surface area (TPSA) is 80.7 Å². The molecule has 0 bridgehead atoms. The summed E-state index contributed by atoms with van der Waals surface area (Å²) >= 11 is 0. The van der Waals surface area contributed by atoms with Gasteiger partial charge in [0.15, 0.2) is 5.58 Å². The smallest absolute Gasteiger partial charge is 0.204 e. The van der Waals surface area contributed by atoms with E-state index < -0.39 is 5.43 Å². The Morgan fingerprint density at radius 3 is 1.68 bits per heavy atom. The zero-order chi connectivity index (χ0) is 25.1. The lowest BCUT2D eigenvalue weighted by Gasteiger charge is -2.10. The van der Waals surface area contributed by atoms with Gasteiger partial charge in [0, 0.05) is 6.07 Å². The van der Waals surface area contributed by atoms with Crippen LogP contribution in [0.5, 0.6) is 5.75 Å². The average molecular weight is 482 g/mol. The molecule has 5 aromatic carbocycles. The summed E-state index contributed by atoms with van der Waals surface area (Å²) in [7, 11) is 0. The Morgan fingerprint density at radius 1 is 0.541 bits per heavy atom. The van der Waals surface area contributed by atoms with E-state index in [0.717, 1.165) is 21.5 Å². The molecule has 0 saturated carbocycles. The van der Waals surface area contributed by atoms with Crippen molar-refractivity contribution >= 4 is 43.5 Å². The predicted octanol–water partition coefficient (Wildman–Crippen LogP) is 7.25. The van der Waals surface area contributed by atoms with Crippen LogP contribution in [0.4, 0.5) is 0 Å². The molecule has 7 rings (SSSR count). The summed E-state index contributed by atoms with van der Waals surface area (Å²) in [6, 6.07) is 28.2. The first-order valence-corrected chi connectivity index (χ1v) is 11.8. The van der Waals surface area contributed by atoms with Crippen LogP contribution in [0, 0.1) is 0 Å². The third kappa shape index (κ3) is 3.11. The molecule has 0 aliphatic carbocycles. The van der Waals surface area contributed by atoms with Crippen LogP contribution in [0.3, 0.4) is 0 Å². The van der Waals surface area contributed by atoms with Gasteiger partial charge >= 0.3 is 0 Å². The van der Waals surface area contributed by atoms with Crippen molar-refractivity contribution in [3.63, 3.8) is 0 Å². The summed E-state index contributed by atoms with van der Waals surface area (Å²) < 4.78 is 11.8. The van der Waals surface area contributed by atoms with Crippen LogP contribution in [0.15, 0.2) is 122 Å². The molecule has 0 unspecified atom stereocenters.